The number of hydrogen-bond acceptors (Lipinski definition) is 2. The largest absolute Gasteiger partial charge is 0.378 e. The van der Waals surface area contributed by atoms with Crippen molar-refractivity contribution in [2.75, 3.05) is 0 Å². The Morgan fingerprint density at radius 1 is 0.703 bits per heavy atom. The molecule has 0 aromatic heterocycles. The van der Waals surface area contributed by atoms with Crippen LogP contribution in [0.1, 0.15) is 35.1 Å². The van der Waals surface area contributed by atoms with Gasteiger partial charge < -0.3 is 10.2 Å². The zero-order chi connectivity index (χ0) is 28.4. The van der Waals surface area contributed by atoms with Crippen molar-refractivity contribution in [3.8, 4) is 0 Å². The molecule has 0 saturated carbocycles. The van der Waals surface area contributed by atoms with Crippen LogP contribution in [0.25, 0.3) is 0 Å². The van der Waals surface area contributed by atoms with Gasteiger partial charge in [0.15, 0.2) is 11.2 Å². The Morgan fingerprint density at radius 3 is 1.70 bits per heavy atom. The summed E-state index contributed by atoms with van der Waals surface area (Å²) in [6.07, 6.45) is 0.150. The van der Waals surface area contributed by atoms with Crippen LogP contribution < -0.4 is 0 Å². The Balaban J connectivity index is 0.000000206. The molecule has 0 spiro atoms. The Labute approximate surface area is 212 Å². The molecule has 0 amide bonds. The normalized spacial score (nSPS) is 27.5. The van der Waals surface area contributed by atoms with E-state index in [0.717, 1.165) is 12.2 Å². The lowest BCUT2D eigenvalue weighted by Gasteiger charge is -2.31. The summed E-state index contributed by atoms with van der Waals surface area (Å²) in [7, 11) is 0. The molecule has 37 heavy (non-hydrogen) atoms. The second kappa shape index (κ2) is 8.84. The minimum absolute atomic E-state index is 0.508. The second-order valence-corrected chi connectivity index (χ2v) is 9.27. The molecule has 202 valence electrons. The predicted octanol–water partition coefficient (Wildman–Crippen LogP) is 7.42. The number of benzene rings is 2. The minimum atomic E-state index is -4.76. The average molecular weight is 607 g/mol. The molecule has 2 aliphatic carbocycles. The van der Waals surface area contributed by atoms with Crippen molar-refractivity contribution in [2.45, 2.75) is 47.7 Å². The molecule has 13 heteroatoms. The first-order chi connectivity index (χ1) is 16.8. The fraction of sp³-hybridized carbons (Fsp3) is 0.333. The van der Waals surface area contributed by atoms with E-state index in [4.69, 9.17) is 0 Å². The van der Waals surface area contributed by atoms with Gasteiger partial charge in [0.05, 0.1) is 4.47 Å². The summed E-state index contributed by atoms with van der Waals surface area (Å²) in [4.78, 5) is 0. The fourth-order valence-electron chi connectivity index (χ4n) is 4.42. The van der Waals surface area contributed by atoms with E-state index < -0.39 is 86.1 Å². The lowest BCUT2D eigenvalue weighted by atomic mass is 9.89. The van der Waals surface area contributed by atoms with Crippen molar-refractivity contribution in [1.82, 2.24) is 0 Å². The third-order valence-corrected chi connectivity index (χ3v) is 7.09. The Kier molecular flexibility index (Phi) is 6.97. The van der Waals surface area contributed by atoms with E-state index in [2.05, 4.69) is 29.1 Å². The van der Waals surface area contributed by atoms with E-state index in [-0.39, 0.29) is 0 Å². The molecule has 2 aromatic rings. The van der Waals surface area contributed by atoms with Crippen molar-refractivity contribution in [3.05, 3.63) is 94.0 Å². The van der Waals surface area contributed by atoms with Gasteiger partial charge in [0.25, 0.3) is 0 Å². The highest BCUT2D eigenvalue weighted by Crippen LogP contribution is 2.63. The second-order valence-electron chi connectivity index (χ2n) is 8.48. The van der Waals surface area contributed by atoms with Crippen LogP contribution in [-0.4, -0.2) is 22.1 Å². The quantitative estimate of drug-likeness (QED) is 0.281. The Hall–Kier alpha value is -2.38. The Bertz CT molecular complexity index is 1260. The van der Waals surface area contributed by atoms with Gasteiger partial charge in [-0.25, -0.2) is 8.78 Å². The molecule has 2 N–H and O–H groups in total. The molecule has 0 heterocycles. The standard InChI is InChI=1S/C12H8BrF5O.C12H9F5O/c1-2-5-10(19)8-6(3-4-7(14)9(8)13)11(15,16)12(10,17)18;1-2-5-10(18)9-6-7(13)3-4-8(9)11(14,15)12(10,16)17/h2-4,19H,1,5H2;2-4,6,18H,1,5H2/t2*10-/m11/s1. The van der Waals surface area contributed by atoms with E-state index >= 15 is 0 Å². The number of fused-ring (bicyclic) bond motifs is 2. The van der Waals surface area contributed by atoms with Crippen molar-refractivity contribution in [3.63, 3.8) is 0 Å². The molecule has 0 radical (unpaired) electrons. The van der Waals surface area contributed by atoms with E-state index in [0.29, 0.717) is 30.3 Å². The van der Waals surface area contributed by atoms with Gasteiger partial charge in [0, 0.05) is 35.1 Å². The number of halogens is 11. The van der Waals surface area contributed by atoms with Crippen molar-refractivity contribution < 1.29 is 54.1 Å². The summed E-state index contributed by atoms with van der Waals surface area (Å²) in [5.41, 5.74) is -10.1. The molecule has 4 rings (SSSR count). The molecule has 2 nitrogen and oxygen atoms in total. The van der Waals surface area contributed by atoms with Crippen LogP contribution in [-0.2, 0) is 23.0 Å². The fourth-order valence-corrected chi connectivity index (χ4v) is 5.09. The van der Waals surface area contributed by atoms with Crippen LogP contribution in [0.3, 0.4) is 0 Å². The minimum Gasteiger partial charge on any atom is -0.378 e. The van der Waals surface area contributed by atoms with Gasteiger partial charge in [-0.05, 0) is 46.3 Å². The predicted molar refractivity (Wildman–Crippen MR) is 116 cm³/mol. The van der Waals surface area contributed by atoms with E-state index in [1.807, 2.05) is 0 Å². The highest BCUT2D eigenvalue weighted by atomic mass is 79.9. The van der Waals surface area contributed by atoms with Gasteiger partial charge in [0.1, 0.15) is 11.6 Å². The van der Waals surface area contributed by atoms with E-state index in [1.54, 1.807) is 0 Å². The summed E-state index contributed by atoms with van der Waals surface area (Å²) in [6, 6.07) is 2.94. The van der Waals surface area contributed by atoms with Gasteiger partial charge in [-0.2, -0.15) is 35.1 Å². The van der Waals surface area contributed by atoms with Gasteiger partial charge >= 0.3 is 23.7 Å². The highest BCUT2D eigenvalue weighted by Gasteiger charge is 2.77. The molecular weight excluding hydrogens is 590 g/mol. The summed E-state index contributed by atoms with van der Waals surface area (Å²) in [5.74, 6) is -20.6. The topological polar surface area (TPSA) is 40.5 Å². The molecule has 2 aromatic carbocycles. The van der Waals surface area contributed by atoms with Gasteiger partial charge in [0.2, 0.25) is 0 Å². The smallest absolute Gasteiger partial charge is 0.346 e. The first kappa shape index (κ1) is 29.2. The van der Waals surface area contributed by atoms with Crippen LogP contribution in [0.5, 0.6) is 0 Å². The number of rotatable bonds is 4. The van der Waals surface area contributed by atoms with Crippen LogP contribution in [0.2, 0.25) is 0 Å². The third kappa shape index (κ3) is 3.68. The molecule has 2 atom stereocenters. The zero-order valence-corrected chi connectivity index (χ0v) is 20.0. The maximum absolute atomic E-state index is 13.9. The average Bonchev–Trinajstić information content (AvgIpc) is 2.98. The molecule has 0 unspecified atom stereocenters. The number of alkyl halides is 8. The maximum Gasteiger partial charge on any atom is 0.346 e. The Morgan fingerprint density at radius 2 is 1.16 bits per heavy atom. The zero-order valence-electron chi connectivity index (χ0n) is 18.4. The molecule has 0 bridgehead atoms. The first-order valence-corrected chi connectivity index (χ1v) is 11.1. The van der Waals surface area contributed by atoms with Crippen LogP contribution in [0.4, 0.5) is 43.9 Å². The molecular formula is C24H17BrF10O2. The van der Waals surface area contributed by atoms with Crippen molar-refractivity contribution in [2.24, 2.45) is 0 Å². The van der Waals surface area contributed by atoms with Gasteiger partial charge in [-0.3, -0.25) is 0 Å². The van der Waals surface area contributed by atoms with Gasteiger partial charge in [-0.1, -0.05) is 12.2 Å². The first-order valence-electron chi connectivity index (χ1n) is 10.3. The SMILES string of the molecule is C=CC[C@@]1(O)c2c(ccc(F)c2Br)C(F)(F)C1(F)F.C=CC[C@@]1(O)c2cc(F)ccc2C(F)(F)C1(F)F. The van der Waals surface area contributed by atoms with Crippen LogP contribution >= 0.6 is 15.9 Å². The summed E-state index contributed by atoms with van der Waals surface area (Å²) in [5, 5.41) is 19.9. The highest BCUT2D eigenvalue weighted by molar-refractivity contribution is 9.10. The number of hydrogen-bond donors (Lipinski definition) is 2. The molecule has 0 saturated heterocycles. The number of aliphatic hydroxyl groups is 2. The lowest BCUT2D eigenvalue weighted by molar-refractivity contribution is -0.285. The van der Waals surface area contributed by atoms with Crippen LogP contribution in [0.15, 0.2) is 60.1 Å². The molecule has 0 fully saturated rings. The molecule has 2 aliphatic rings. The maximum atomic E-state index is 13.9. The summed E-state index contributed by atoms with van der Waals surface area (Å²) < 4.78 is 136. The van der Waals surface area contributed by atoms with Gasteiger partial charge in [-0.15, -0.1) is 13.2 Å². The van der Waals surface area contributed by atoms with Crippen molar-refractivity contribution in [1.29, 1.82) is 0 Å². The molecule has 0 aliphatic heterocycles. The summed E-state index contributed by atoms with van der Waals surface area (Å²) in [6.45, 7) is 6.31. The van der Waals surface area contributed by atoms with E-state index in [9.17, 15) is 54.1 Å². The summed E-state index contributed by atoms with van der Waals surface area (Å²) >= 11 is 2.64. The van der Waals surface area contributed by atoms with E-state index in [1.165, 1.54) is 0 Å². The monoisotopic (exact) mass is 606 g/mol. The van der Waals surface area contributed by atoms with Crippen molar-refractivity contribution >= 4 is 15.9 Å². The lowest BCUT2D eigenvalue weighted by Crippen LogP contribution is -2.48. The van der Waals surface area contributed by atoms with Crippen LogP contribution in [0, 0.1) is 11.6 Å². The third-order valence-electron chi connectivity index (χ3n) is 6.32.